The normalized spacial score (nSPS) is 13.3. The van der Waals surface area contributed by atoms with Crippen LogP contribution in [0.2, 0.25) is 0 Å². The zero-order valence-corrected chi connectivity index (χ0v) is 24.2. The average Bonchev–Trinajstić information content (AvgIpc) is 3.77. The molecule has 2 aliphatic rings. The van der Waals surface area contributed by atoms with Gasteiger partial charge in [0.1, 0.15) is 11.3 Å². The Morgan fingerprint density at radius 3 is 1.37 bits per heavy atom. The van der Waals surface area contributed by atoms with E-state index in [4.69, 9.17) is 8.83 Å². The molecule has 8 aromatic rings. The molecule has 2 aliphatic heterocycles. The Kier molecular flexibility index (Phi) is 5.09. The molecular formula is C38H22BF2N3O2. The zero-order chi connectivity index (χ0) is 30.5. The number of anilines is 6. The Morgan fingerprint density at radius 1 is 0.457 bits per heavy atom. The van der Waals surface area contributed by atoms with Crippen LogP contribution in [0, 0.1) is 12.0 Å². The van der Waals surface area contributed by atoms with Gasteiger partial charge in [-0.1, -0.05) is 72.8 Å². The number of hydrogen-bond acceptors (Lipinski definition) is 4. The maximum atomic E-state index is 15.2. The predicted molar refractivity (Wildman–Crippen MR) is 179 cm³/mol. The molecule has 0 radical (unpaired) electrons. The Hall–Kier alpha value is -6.02. The predicted octanol–water partition coefficient (Wildman–Crippen LogP) is 8.33. The Labute approximate surface area is 262 Å². The molecule has 5 aromatic carbocycles. The third-order valence-corrected chi connectivity index (χ3v) is 9.19. The highest BCUT2D eigenvalue weighted by atomic mass is 19.1. The molecule has 46 heavy (non-hydrogen) atoms. The second kappa shape index (κ2) is 9.25. The lowest BCUT2D eigenvalue weighted by Gasteiger charge is -2.40. The van der Waals surface area contributed by atoms with Crippen molar-refractivity contribution >= 4 is 79.4 Å². The first-order valence-corrected chi connectivity index (χ1v) is 15.1. The van der Waals surface area contributed by atoms with Crippen LogP contribution in [0.5, 0.6) is 0 Å². The van der Waals surface area contributed by atoms with E-state index in [2.05, 4.69) is 53.1 Å². The monoisotopic (exact) mass is 601 g/mol. The number of rotatable bonds is 3. The maximum Gasteiger partial charge on any atom is 0.342 e. The minimum Gasteiger partial charge on any atom is -0.443 e. The Balaban J connectivity index is 1.37. The van der Waals surface area contributed by atoms with E-state index in [0.717, 1.165) is 55.7 Å². The second-order valence-corrected chi connectivity index (χ2v) is 11.6. The van der Waals surface area contributed by atoms with Gasteiger partial charge in [-0.2, -0.15) is 8.78 Å². The molecule has 0 saturated heterocycles. The minimum absolute atomic E-state index is 0.364. The molecule has 218 valence electrons. The summed E-state index contributed by atoms with van der Waals surface area (Å²) >= 11 is 0. The van der Waals surface area contributed by atoms with Crippen LogP contribution < -0.4 is 26.6 Å². The molecular weight excluding hydrogens is 579 g/mol. The first-order valence-electron chi connectivity index (χ1n) is 15.1. The lowest BCUT2D eigenvalue weighted by molar-refractivity contribution is 0.369. The van der Waals surface area contributed by atoms with Crippen molar-refractivity contribution in [2.75, 3.05) is 9.80 Å². The van der Waals surface area contributed by atoms with Gasteiger partial charge in [0.2, 0.25) is 0 Å². The topological polar surface area (TPSA) is 37.7 Å². The van der Waals surface area contributed by atoms with Crippen LogP contribution in [0.15, 0.2) is 142 Å². The molecule has 8 heteroatoms. The molecule has 3 aromatic heterocycles. The third-order valence-electron chi connectivity index (χ3n) is 9.19. The molecule has 5 nitrogen and oxygen atoms in total. The Bertz CT molecular complexity index is 2320. The van der Waals surface area contributed by atoms with Gasteiger partial charge in [-0.25, -0.2) is 0 Å². The number of hydrogen-bond donors (Lipinski definition) is 0. The largest absolute Gasteiger partial charge is 0.443 e. The van der Waals surface area contributed by atoms with Gasteiger partial charge in [0.25, 0.3) is 12.0 Å². The van der Waals surface area contributed by atoms with Crippen molar-refractivity contribution in [2.45, 2.75) is 0 Å². The number of nitrogens with zero attached hydrogens (tertiary/aromatic N) is 3. The summed E-state index contributed by atoms with van der Waals surface area (Å²) in [5, 5.41) is 2.28. The van der Waals surface area contributed by atoms with Crippen molar-refractivity contribution in [3.8, 4) is 5.69 Å². The van der Waals surface area contributed by atoms with Crippen LogP contribution in [-0.4, -0.2) is 11.3 Å². The van der Waals surface area contributed by atoms with Gasteiger partial charge >= 0.3 is 6.71 Å². The van der Waals surface area contributed by atoms with Crippen molar-refractivity contribution in [3.05, 3.63) is 145 Å². The summed E-state index contributed by atoms with van der Waals surface area (Å²) < 4.78 is 44.3. The molecule has 0 atom stereocenters. The summed E-state index contributed by atoms with van der Waals surface area (Å²) in [6.07, 6.45) is 0. The van der Waals surface area contributed by atoms with Crippen molar-refractivity contribution in [3.63, 3.8) is 0 Å². The van der Waals surface area contributed by atoms with Crippen molar-refractivity contribution in [2.24, 2.45) is 0 Å². The van der Waals surface area contributed by atoms with E-state index in [-0.39, 0.29) is 0 Å². The molecule has 0 fully saturated rings. The molecule has 5 heterocycles. The highest BCUT2D eigenvalue weighted by molar-refractivity contribution is 6.98. The van der Waals surface area contributed by atoms with Crippen LogP contribution in [0.25, 0.3) is 27.5 Å². The molecule has 0 N–H and O–H groups in total. The van der Waals surface area contributed by atoms with Gasteiger partial charge in [0, 0.05) is 45.7 Å². The molecule has 0 amide bonds. The van der Waals surface area contributed by atoms with Crippen LogP contribution in [0.3, 0.4) is 0 Å². The number of benzene rings is 5. The van der Waals surface area contributed by atoms with Crippen molar-refractivity contribution in [1.82, 2.24) is 4.57 Å². The maximum absolute atomic E-state index is 15.2. The quantitative estimate of drug-likeness (QED) is 0.191. The molecule has 0 unspecified atom stereocenters. The first kappa shape index (κ1) is 25.3. The standard InChI is InChI=1S/C38H22BF2N3O2/c40-34-21-32-37(45-34)39-36-30(42(32)23-11-3-1-4-12-23)19-25(44-28-17-9-7-15-26(28)27-16-8-10-18-29(27)44)20-31(36)43(24-13-5-2-6-14-24)33-22-35(41)46-38(33)39/h1-22H. The van der Waals surface area contributed by atoms with E-state index in [1.165, 1.54) is 12.1 Å². The molecule has 10 rings (SSSR count). The van der Waals surface area contributed by atoms with Gasteiger partial charge in [0.15, 0.2) is 0 Å². The van der Waals surface area contributed by atoms with Crippen molar-refractivity contribution < 1.29 is 17.6 Å². The number of furan rings is 2. The van der Waals surface area contributed by atoms with E-state index in [9.17, 15) is 0 Å². The third kappa shape index (κ3) is 3.38. The average molecular weight is 601 g/mol. The second-order valence-electron chi connectivity index (χ2n) is 11.6. The van der Waals surface area contributed by atoms with Gasteiger partial charge in [-0.05, 0) is 54.0 Å². The summed E-state index contributed by atoms with van der Waals surface area (Å²) in [6.45, 7) is -0.670. The number of aromatic nitrogens is 1. The number of para-hydroxylation sites is 4. The lowest BCUT2D eigenvalue weighted by Crippen LogP contribution is -2.60. The summed E-state index contributed by atoms with van der Waals surface area (Å²) in [6, 6.07) is 42.1. The molecule has 0 bridgehead atoms. The van der Waals surface area contributed by atoms with E-state index in [0.29, 0.717) is 22.7 Å². The summed E-state index contributed by atoms with van der Waals surface area (Å²) in [5.41, 5.74) is 9.00. The van der Waals surface area contributed by atoms with Crippen molar-refractivity contribution in [1.29, 1.82) is 0 Å². The summed E-state index contributed by atoms with van der Waals surface area (Å²) in [7, 11) is 0. The van der Waals surface area contributed by atoms with E-state index < -0.39 is 18.7 Å². The first-order chi connectivity index (χ1) is 22.7. The van der Waals surface area contributed by atoms with E-state index in [1.807, 2.05) is 82.6 Å². The fourth-order valence-electron chi connectivity index (χ4n) is 7.45. The van der Waals surface area contributed by atoms with Crippen LogP contribution in [0.4, 0.5) is 42.9 Å². The SMILES string of the molecule is Fc1cc2c(o1)B1c3oc(F)cc3N(c3ccccc3)c3cc(-n4c5ccccc5c5ccccc54)cc(c31)N2c1ccccc1. The van der Waals surface area contributed by atoms with Crippen LogP contribution in [-0.2, 0) is 0 Å². The van der Waals surface area contributed by atoms with Crippen LogP contribution >= 0.6 is 0 Å². The molecule has 0 aliphatic carbocycles. The summed E-state index contributed by atoms with van der Waals surface area (Å²) in [5.74, 6) is 0. The van der Waals surface area contributed by atoms with E-state index >= 15 is 8.78 Å². The molecule has 0 saturated carbocycles. The molecule has 0 spiro atoms. The summed E-state index contributed by atoms with van der Waals surface area (Å²) in [4.78, 5) is 4.06. The van der Waals surface area contributed by atoms with E-state index in [1.54, 1.807) is 0 Å². The number of fused-ring (bicyclic) bond motifs is 7. The smallest absolute Gasteiger partial charge is 0.342 e. The number of halogens is 2. The van der Waals surface area contributed by atoms with Crippen LogP contribution in [0.1, 0.15) is 0 Å². The Morgan fingerprint density at radius 2 is 0.891 bits per heavy atom. The van der Waals surface area contributed by atoms with Gasteiger partial charge in [-0.15, -0.1) is 0 Å². The highest BCUT2D eigenvalue weighted by Crippen LogP contribution is 2.46. The van der Waals surface area contributed by atoms with Gasteiger partial charge in [-0.3, -0.25) is 0 Å². The lowest BCUT2D eigenvalue weighted by atomic mass is 9.38. The highest BCUT2D eigenvalue weighted by Gasteiger charge is 2.49. The van der Waals surface area contributed by atoms with Gasteiger partial charge in [0.05, 0.1) is 28.1 Å². The fourth-order valence-corrected chi connectivity index (χ4v) is 7.45. The minimum atomic E-state index is -0.720. The van der Waals surface area contributed by atoms with Gasteiger partial charge < -0.3 is 23.2 Å². The zero-order valence-electron chi connectivity index (χ0n) is 24.2. The fraction of sp³-hybridized carbons (Fsp3) is 0.